The molecule has 2 aromatic heterocycles. The number of hydrogen-bond acceptors (Lipinski definition) is 4. The summed E-state index contributed by atoms with van der Waals surface area (Å²) in [5, 5.41) is 2.84. The smallest absolute Gasteiger partial charge is 0.453 e. The number of amides is 1. The highest BCUT2D eigenvalue weighted by atomic mass is 19.4. The molecule has 0 radical (unpaired) electrons. The molecule has 0 atom stereocenters. The van der Waals surface area contributed by atoms with Gasteiger partial charge in [0.15, 0.2) is 11.6 Å². The van der Waals surface area contributed by atoms with Crippen molar-refractivity contribution in [3.05, 3.63) is 60.2 Å². The minimum Gasteiger partial charge on any atom is -0.453 e. The maximum Gasteiger partial charge on any atom is 0.573 e. The zero-order valence-electron chi connectivity index (χ0n) is 15.4. The highest BCUT2D eigenvalue weighted by molar-refractivity contribution is 6.06. The Kier molecular flexibility index (Phi) is 4.05. The number of alkyl halides is 3. The van der Waals surface area contributed by atoms with Crippen LogP contribution < -0.4 is 10.1 Å². The van der Waals surface area contributed by atoms with E-state index in [-0.39, 0.29) is 23.0 Å². The summed E-state index contributed by atoms with van der Waals surface area (Å²) < 4.78 is 50.1. The molecular weight excluding hydrogens is 399 g/mol. The summed E-state index contributed by atoms with van der Waals surface area (Å²) in [5.41, 5.74) is 2.02. The number of carbonyl (C=O) groups is 1. The van der Waals surface area contributed by atoms with E-state index in [0.717, 1.165) is 0 Å². The van der Waals surface area contributed by atoms with E-state index in [0.29, 0.717) is 41.3 Å². The van der Waals surface area contributed by atoms with Crippen LogP contribution in [0.2, 0.25) is 0 Å². The maximum absolute atomic E-state index is 12.7. The van der Waals surface area contributed by atoms with Gasteiger partial charge in [0.25, 0.3) is 5.91 Å². The second-order valence-electron chi connectivity index (χ2n) is 6.72. The van der Waals surface area contributed by atoms with Crippen LogP contribution in [0.3, 0.4) is 0 Å². The van der Waals surface area contributed by atoms with Crippen molar-refractivity contribution < 1.29 is 27.1 Å². The fourth-order valence-corrected chi connectivity index (χ4v) is 3.64. The van der Waals surface area contributed by atoms with Gasteiger partial charge in [0.1, 0.15) is 11.5 Å². The Labute approximate surface area is 167 Å². The Balaban J connectivity index is 1.61. The summed E-state index contributed by atoms with van der Waals surface area (Å²) in [4.78, 5) is 16.9. The number of halogens is 3. The molecule has 0 saturated heterocycles. The van der Waals surface area contributed by atoms with Gasteiger partial charge in [-0.05, 0) is 36.4 Å². The molecule has 1 amide bonds. The third-order valence-electron chi connectivity index (χ3n) is 4.84. The molecule has 0 bridgehead atoms. The fraction of sp³-hybridized carbons (Fsp3) is 0.143. The Morgan fingerprint density at radius 1 is 1.00 bits per heavy atom. The molecule has 1 aliphatic heterocycles. The van der Waals surface area contributed by atoms with E-state index in [1.807, 2.05) is 4.57 Å². The van der Waals surface area contributed by atoms with E-state index in [4.69, 9.17) is 4.42 Å². The summed E-state index contributed by atoms with van der Waals surface area (Å²) >= 11 is 0. The lowest BCUT2D eigenvalue weighted by molar-refractivity contribution is -0.274. The number of aromatic nitrogens is 2. The van der Waals surface area contributed by atoms with Gasteiger partial charge in [0.05, 0.1) is 22.2 Å². The zero-order valence-corrected chi connectivity index (χ0v) is 15.4. The number of nitrogens with zero attached hydrogens (tertiary/aromatic N) is 2. The number of rotatable bonds is 3. The molecule has 3 heterocycles. The van der Waals surface area contributed by atoms with Gasteiger partial charge in [-0.1, -0.05) is 18.2 Å². The Morgan fingerprint density at radius 2 is 1.77 bits per heavy atom. The van der Waals surface area contributed by atoms with E-state index >= 15 is 0 Å². The van der Waals surface area contributed by atoms with Crippen molar-refractivity contribution in [3.63, 3.8) is 0 Å². The van der Waals surface area contributed by atoms with Crippen molar-refractivity contribution in [1.82, 2.24) is 14.9 Å². The van der Waals surface area contributed by atoms with Gasteiger partial charge in [-0.25, -0.2) is 4.98 Å². The number of ether oxygens (including phenoxy) is 1. The van der Waals surface area contributed by atoms with Gasteiger partial charge in [-0.3, -0.25) is 4.79 Å². The minimum atomic E-state index is -4.81. The lowest BCUT2D eigenvalue weighted by Gasteiger charge is -2.11. The molecule has 6 nitrogen and oxygen atoms in total. The molecule has 0 spiro atoms. The molecule has 0 unspecified atom stereocenters. The third kappa shape index (κ3) is 3.08. The summed E-state index contributed by atoms with van der Waals surface area (Å²) in [6, 6.07) is 14.3. The lowest BCUT2D eigenvalue weighted by atomic mass is 10.1. The molecule has 1 aliphatic rings. The van der Waals surface area contributed by atoms with Crippen LogP contribution >= 0.6 is 0 Å². The summed E-state index contributed by atoms with van der Waals surface area (Å²) in [5.74, 6) is 0.559. The van der Waals surface area contributed by atoms with Crippen LogP contribution in [0.5, 0.6) is 5.75 Å². The first-order valence-electron chi connectivity index (χ1n) is 9.13. The van der Waals surface area contributed by atoms with Crippen LogP contribution in [0.25, 0.3) is 33.9 Å². The van der Waals surface area contributed by atoms with E-state index in [2.05, 4.69) is 15.0 Å². The number of benzene rings is 2. The average Bonchev–Trinajstić information content (AvgIpc) is 3.27. The Morgan fingerprint density at radius 3 is 2.60 bits per heavy atom. The average molecular weight is 413 g/mol. The number of furan rings is 1. The van der Waals surface area contributed by atoms with Crippen molar-refractivity contribution in [3.8, 4) is 28.7 Å². The van der Waals surface area contributed by atoms with Crippen molar-refractivity contribution in [1.29, 1.82) is 0 Å². The fourth-order valence-electron chi connectivity index (χ4n) is 3.64. The van der Waals surface area contributed by atoms with Crippen LogP contribution in [0.1, 0.15) is 10.4 Å². The third-order valence-corrected chi connectivity index (χ3v) is 4.84. The molecule has 0 saturated carbocycles. The second-order valence-corrected chi connectivity index (χ2v) is 6.72. The Hall–Kier alpha value is -3.75. The Bertz CT molecular complexity index is 1270. The largest absolute Gasteiger partial charge is 0.573 e. The molecule has 30 heavy (non-hydrogen) atoms. The molecule has 9 heteroatoms. The van der Waals surface area contributed by atoms with Gasteiger partial charge in [-0.2, -0.15) is 0 Å². The van der Waals surface area contributed by atoms with E-state index < -0.39 is 6.36 Å². The van der Waals surface area contributed by atoms with Crippen LogP contribution in [-0.4, -0.2) is 28.4 Å². The van der Waals surface area contributed by atoms with Gasteiger partial charge in [0.2, 0.25) is 0 Å². The number of para-hydroxylation sites is 2. The molecule has 1 N–H and O–H groups in total. The van der Waals surface area contributed by atoms with E-state index in [1.165, 1.54) is 18.2 Å². The first-order valence-corrected chi connectivity index (χ1v) is 9.13. The molecule has 5 rings (SSSR count). The van der Waals surface area contributed by atoms with Crippen molar-refractivity contribution in [2.45, 2.75) is 12.9 Å². The van der Waals surface area contributed by atoms with Gasteiger partial charge in [-0.15, -0.1) is 13.2 Å². The first-order chi connectivity index (χ1) is 14.4. The first kappa shape index (κ1) is 18.3. The monoisotopic (exact) mass is 413 g/mol. The van der Waals surface area contributed by atoms with Crippen LogP contribution in [0.15, 0.2) is 59.0 Å². The van der Waals surface area contributed by atoms with Gasteiger partial charge < -0.3 is 19.0 Å². The number of carbonyl (C=O) groups excluding carboxylic acids is 1. The quantitative estimate of drug-likeness (QED) is 0.533. The number of nitrogens with one attached hydrogen (secondary N) is 1. The van der Waals surface area contributed by atoms with Crippen LogP contribution in [0, 0.1) is 0 Å². The van der Waals surface area contributed by atoms with Crippen molar-refractivity contribution >= 4 is 16.9 Å². The molecule has 0 fully saturated rings. The molecule has 152 valence electrons. The topological polar surface area (TPSA) is 69.3 Å². The van der Waals surface area contributed by atoms with Crippen LogP contribution in [0.4, 0.5) is 13.2 Å². The number of imidazole rings is 1. The predicted molar refractivity (Wildman–Crippen MR) is 102 cm³/mol. The molecule has 2 aromatic carbocycles. The van der Waals surface area contributed by atoms with Crippen LogP contribution in [-0.2, 0) is 6.54 Å². The summed E-state index contributed by atoms with van der Waals surface area (Å²) in [6.07, 6.45) is -4.81. The molecule has 0 aliphatic carbocycles. The standard InChI is InChI=1S/C21H14F3N3O3/c22-21(23,24)30-16-7-2-1-4-12(16)15-8-9-17(29-15)19-26-14-6-3-5-13-18(14)27(19)11-10-25-20(13)28/h1-9H,10-11H2,(H,25,28). The van der Waals surface area contributed by atoms with E-state index in [1.54, 1.807) is 36.4 Å². The lowest BCUT2D eigenvalue weighted by Crippen LogP contribution is -2.24. The van der Waals surface area contributed by atoms with Crippen molar-refractivity contribution in [2.24, 2.45) is 0 Å². The highest BCUT2D eigenvalue weighted by Crippen LogP contribution is 2.37. The highest BCUT2D eigenvalue weighted by Gasteiger charge is 2.32. The maximum atomic E-state index is 12.7. The predicted octanol–water partition coefficient (Wildman–Crippen LogP) is 4.61. The number of hydrogen-bond donors (Lipinski definition) is 1. The molecule has 4 aromatic rings. The minimum absolute atomic E-state index is 0.172. The summed E-state index contributed by atoms with van der Waals surface area (Å²) in [7, 11) is 0. The van der Waals surface area contributed by atoms with Crippen molar-refractivity contribution in [2.75, 3.05) is 6.54 Å². The normalized spacial score (nSPS) is 13.9. The zero-order chi connectivity index (χ0) is 20.9. The summed E-state index contributed by atoms with van der Waals surface area (Å²) in [6.45, 7) is 0.903. The SMILES string of the molecule is O=C1NCCn2c(-c3ccc(-c4ccccc4OC(F)(F)F)o3)nc3cccc1c32. The van der Waals surface area contributed by atoms with Gasteiger partial charge >= 0.3 is 6.36 Å². The molecular formula is C21H14F3N3O3. The van der Waals surface area contributed by atoms with E-state index in [9.17, 15) is 18.0 Å². The second kappa shape index (κ2) is 6.65. The van der Waals surface area contributed by atoms with Gasteiger partial charge in [0, 0.05) is 13.1 Å².